The summed E-state index contributed by atoms with van der Waals surface area (Å²) >= 11 is 0. The fraction of sp³-hybridized carbons (Fsp3) is 0.167. The van der Waals surface area contributed by atoms with Crippen LogP contribution in [-0.4, -0.2) is 49.9 Å². The average molecular weight is 558 g/mol. The molecule has 1 aliphatic heterocycles. The van der Waals surface area contributed by atoms with Crippen molar-refractivity contribution in [3.8, 4) is 0 Å². The summed E-state index contributed by atoms with van der Waals surface area (Å²) in [5.74, 6) is -1.78. The fourth-order valence-electron chi connectivity index (χ4n) is 3.98. The minimum Gasteiger partial charge on any atom is -0.326 e. The van der Waals surface area contributed by atoms with E-state index < -0.39 is 44.3 Å². The predicted octanol–water partition coefficient (Wildman–Crippen LogP) is 1.21. The Balaban J connectivity index is 1.71. The van der Waals surface area contributed by atoms with E-state index >= 15 is 0 Å². The van der Waals surface area contributed by atoms with Crippen molar-refractivity contribution < 1.29 is 31.2 Å². The molecule has 1 saturated heterocycles. The van der Waals surface area contributed by atoms with Gasteiger partial charge in [-0.05, 0) is 60.2 Å². The SMILES string of the molecule is CC(=O)Nc1ccc(S(=O)(=O)N(Cc2cccnc2)C2CC(=O)N(c3ccc(S(N)(=O)=O)cc3)C2=O)cc1. The maximum atomic E-state index is 13.8. The molecule has 1 fully saturated rings. The third kappa shape index (κ3) is 5.62. The van der Waals surface area contributed by atoms with Gasteiger partial charge in [-0.3, -0.25) is 19.4 Å². The van der Waals surface area contributed by atoms with Crippen LogP contribution < -0.4 is 15.4 Å². The molecule has 1 atom stereocenters. The predicted molar refractivity (Wildman–Crippen MR) is 136 cm³/mol. The number of rotatable bonds is 8. The van der Waals surface area contributed by atoms with Crippen molar-refractivity contribution in [1.82, 2.24) is 9.29 Å². The number of sulfonamides is 2. The quantitative estimate of drug-likeness (QED) is 0.388. The van der Waals surface area contributed by atoms with Crippen LogP contribution in [0.1, 0.15) is 18.9 Å². The first-order chi connectivity index (χ1) is 17.9. The third-order valence-corrected chi connectivity index (χ3v) is 8.53. The standard InChI is InChI=1S/C24H23N5O7S2/c1-16(30)27-18-4-8-21(9-5-18)38(35,36)28(15-17-3-2-12-26-14-17)22-13-23(31)29(24(22)32)19-6-10-20(11-7-19)37(25,33)34/h2-12,14,22H,13,15H2,1H3,(H,27,30)(H2,25,33,34). The second-order valence-corrected chi connectivity index (χ2v) is 11.9. The summed E-state index contributed by atoms with van der Waals surface area (Å²) in [6.45, 7) is 1.07. The number of carbonyl (C=O) groups excluding carboxylic acids is 3. The number of benzene rings is 2. The second-order valence-electron chi connectivity index (χ2n) is 8.44. The normalized spacial score (nSPS) is 16.2. The van der Waals surface area contributed by atoms with Gasteiger partial charge in [0.15, 0.2) is 0 Å². The Morgan fingerprint density at radius 2 is 1.66 bits per heavy atom. The largest absolute Gasteiger partial charge is 0.326 e. The molecule has 198 valence electrons. The van der Waals surface area contributed by atoms with Crippen molar-refractivity contribution in [1.29, 1.82) is 0 Å². The van der Waals surface area contributed by atoms with Crippen molar-refractivity contribution in [3.63, 3.8) is 0 Å². The summed E-state index contributed by atoms with van der Waals surface area (Å²) in [4.78, 5) is 42.2. The number of nitrogens with two attached hydrogens (primary N) is 1. The number of amides is 3. The third-order valence-electron chi connectivity index (χ3n) is 5.74. The summed E-state index contributed by atoms with van der Waals surface area (Å²) in [7, 11) is -8.31. The van der Waals surface area contributed by atoms with Crippen molar-refractivity contribution in [2.24, 2.45) is 5.14 Å². The maximum absolute atomic E-state index is 13.8. The van der Waals surface area contributed by atoms with Crippen molar-refractivity contribution in [3.05, 3.63) is 78.6 Å². The zero-order chi connectivity index (χ0) is 27.7. The molecule has 4 rings (SSSR count). The van der Waals surface area contributed by atoms with Crippen LogP contribution in [0.15, 0.2) is 82.8 Å². The molecule has 0 bridgehead atoms. The lowest BCUT2D eigenvalue weighted by molar-refractivity contribution is -0.122. The molecular formula is C24H23N5O7S2. The molecule has 1 aliphatic rings. The van der Waals surface area contributed by atoms with Gasteiger partial charge in [-0.2, -0.15) is 4.31 Å². The van der Waals surface area contributed by atoms with Gasteiger partial charge < -0.3 is 5.32 Å². The van der Waals surface area contributed by atoms with Gasteiger partial charge in [-0.15, -0.1) is 0 Å². The Hall–Kier alpha value is -3.98. The molecule has 0 aliphatic carbocycles. The molecule has 1 unspecified atom stereocenters. The minimum atomic E-state index is -4.32. The van der Waals surface area contributed by atoms with E-state index in [1.807, 2.05) is 0 Å². The molecule has 0 radical (unpaired) electrons. The smallest absolute Gasteiger partial charge is 0.252 e. The molecular weight excluding hydrogens is 534 g/mol. The molecule has 2 heterocycles. The molecule has 1 aromatic heterocycles. The summed E-state index contributed by atoms with van der Waals surface area (Å²) < 4.78 is 51.6. The number of hydrogen-bond acceptors (Lipinski definition) is 8. The first-order valence-corrected chi connectivity index (χ1v) is 14.1. The van der Waals surface area contributed by atoms with Crippen LogP contribution in [0, 0.1) is 0 Å². The van der Waals surface area contributed by atoms with Crippen LogP contribution in [0.25, 0.3) is 0 Å². The van der Waals surface area contributed by atoms with Gasteiger partial charge in [-0.25, -0.2) is 26.9 Å². The van der Waals surface area contributed by atoms with E-state index in [1.165, 1.54) is 55.7 Å². The van der Waals surface area contributed by atoms with E-state index in [9.17, 15) is 31.2 Å². The van der Waals surface area contributed by atoms with E-state index in [0.717, 1.165) is 21.3 Å². The van der Waals surface area contributed by atoms with Crippen LogP contribution in [0.3, 0.4) is 0 Å². The molecule has 3 N–H and O–H groups in total. The highest BCUT2D eigenvalue weighted by molar-refractivity contribution is 7.89. The highest BCUT2D eigenvalue weighted by Crippen LogP contribution is 2.31. The van der Waals surface area contributed by atoms with Crippen LogP contribution in [0.5, 0.6) is 0 Å². The number of aromatic nitrogens is 1. The van der Waals surface area contributed by atoms with Gasteiger partial charge in [0.1, 0.15) is 6.04 Å². The number of carbonyl (C=O) groups is 3. The monoisotopic (exact) mass is 557 g/mol. The lowest BCUT2D eigenvalue weighted by Crippen LogP contribution is -2.45. The number of hydrogen-bond donors (Lipinski definition) is 2. The Morgan fingerprint density at radius 1 is 1.03 bits per heavy atom. The Bertz CT molecular complexity index is 1590. The topological polar surface area (TPSA) is 177 Å². The van der Waals surface area contributed by atoms with Crippen molar-refractivity contribution in [2.45, 2.75) is 35.7 Å². The Kier molecular flexibility index (Phi) is 7.42. The van der Waals surface area contributed by atoms with E-state index in [2.05, 4.69) is 10.3 Å². The Morgan fingerprint density at radius 3 is 2.21 bits per heavy atom. The highest BCUT2D eigenvalue weighted by atomic mass is 32.2. The number of imide groups is 1. The van der Waals surface area contributed by atoms with Crippen molar-refractivity contribution in [2.75, 3.05) is 10.2 Å². The Labute approximate surface area is 219 Å². The van der Waals surface area contributed by atoms with Gasteiger partial charge in [0.2, 0.25) is 31.9 Å². The highest BCUT2D eigenvalue weighted by Gasteiger charge is 2.47. The molecule has 3 amide bonds. The van der Waals surface area contributed by atoms with Crippen molar-refractivity contribution >= 4 is 49.1 Å². The van der Waals surface area contributed by atoms with E-state index in [4.69, 9.17) is 5.14 Å². The molecule has 2 aromatic carbocycles. The van der Waals surface area contributed by atoms with Crippen LogP contribution in [0.2, 0.25) is 0 Å². The van der Waals surface area contributed by atoms with Gasteiger partial charge in [0.05, 0.1) is 21.9 Å². The summed E-state index contributed by atoms with van der Waals surface area (Å²) in [5, 5.41) is 7.66. The molecule has 0 spiro atoms. The zero-order valence-corrected chi connectivity index (χ0v) is 21.6. The molecule has 38 heavy (non-hydrogen) atoms. The number of primary sulfonamides is 1. The maximum Gasteiger partial charge on any atom is 0.252 e. The fourth-order valence-corrected chi connectivity index (χ4v) is 6.07. The summed E-state index contributed by atoms with van der Waals surface area (Å²) in [5.41, 5.74) is 0.951. The minimum absolute atomic E-state index is 0.0771. The van der Waals surface area contributed by atoms with E-state index in [-0.39, 0.29) is 27.9 Å². The first-order valence-electron chi connectivity index (χ1n) is 11.2. The molecule has 3 aromatic rings. The van der Waals surface area contributed by atoms with Crippen LogP contribution >= 0.6 is 0 Å². The number of nitrogens with zero attached hydrogens (tertiary/aromatic N) is 3. The number of pyridine rings is 1. The van der Waals surface area contributed by atoms with Gasteiger partial charge in [-0.1, -0.05) is 6.07 Å². The lowest BCUT2D eigenvalue weighted by atomic mass is 10.2. The summed E-state index contributed by atoms with van der Waals surface area (Å²) in [6, 6.07) is 12.1. The second kappa shape index (κ2) is 10.4. The van der Waals surface area contributed by atoms with Gasteiger partial charge in [0, 0.05) is 31.5 Å². The van der Waals surface area contributed by atoms with Gasteiger partial charge >= 0.3 is 0 Å². The molecule has 14 heteroatoms. The van der Waals surface area contributed by atoms with Gasteiger partial charge in [0.25, 0.3) is 5.91 Å². The zero-order valence-electron chi connectivity index (χ0n) is 20.0. The summed E-state index contributed by atoms with van der Waals surface area (Å²) in [6.07, 6.45) is 2.53. The molecule has 0 saturated carbocycles. The van der Waals surface area contributed by atoms with Crippen LogP contribution in [-0.2, 0) is 41.0 Å². The average Bonchev–Trinajstić information content (AvgIpc) is 3.15. The number of anilines is 2. The molecule has 12 nitrogen and oxygen atoms in total. The lowest BCUT2D eigenvalue weighted by Gasteiger charge is -2.27. The number of nitrogens with one attached hydrogen (secondary N) is 1. The van der Waals surface area contributed by atoms with Crippen LogP contribution in [0.4, 0.5) is 11.4 Å². The van der Waals surface area contributed by atoms with E-state index in [0.29, 0.717) is 11.3 Å². The van der Waals surface area contributed by atoms with E-state index in [1.54, 1.807) is 12.1 Å². The first kappa shape index (κ1) is 27.1.